The summed E-state index contributed by atoms with van der Waals surface area (Å²) in [6.45, 7) is 6.40. The summed E-state index contributed by atoms with van der Waals surface area (Å²) in [5, 5.41) is 0.617. The number of carbonyl (C=O) groups excluding carboxylic acids is 1. The van der Waals surface area contributed by atoms with E-state index in [-0.39, 0.29) is 5.91 Å². The summed E-state index contributed by atoms with van der Waals surface area (Å²) in [6.07, 6.45) is 2.01. The standard InChI is InChI=1S/C14H18ClNO2/c1-4-5-8-16-11-9-10(15)6-7-12(11)18-14(2,3)13(16)17/h6-7,9H,4-5,8H2,1-3H3. The number of carbonyl (C=O) groups is 1. The van der Waals surface area contributed by atoms with Gasteiger partial charge in [-0.2, -0.15) is 0 Å². The molecule has 0 aromatic heterocycles. The Bertz CT molecular complexity index is 471. The van der Waals surface area contributed by atoms with E-state index in [1.54, 1.807) is 30.9 Å². The van der Waals surface area contributed by atoms with Crippen molar-refractivity contribution < 1.29 is 9.53 Å². The summed E-state index contributed by atoms with van der Waals surface area (Å²) in [7, 11) is 0. The summed E-state index contributed by atoms with van der Waals surface area (Å²) in [5.41, 5.74) is -0.0329. The number of ether oxygens (including phenoxy) is 1. The minimum atomic E-state index is -0.811. The summed E-state index contributed by atoms with van der Waals surface area (Å²) >= 11 is 6.00. The number of rotatable bonds is 3. The van der Waals surface area contributed by atoms with Crippen molar-refractivity contribution in [2.24, 2.45) is 0 Å². The van der Waals surface area contributed by atoms with Gasteiger partial charge in [-0.15, -0.1) is 0 Å². The smallest absolute Gasteiger partial charge is 0.270 e. The largest absolute Gasteiger partial charge is 0.476 e. The Morgan fingerprint density at radius 2 is 2.11 bits per heavy atom. The number of benzene rings is 1. The van der Waals surface area contributed by atoms with Gasteiger partial charge in [0.25, 0.3) is 5.91 Å². The van der Waals surface area contributed by atoms with E-state index in [1.165, 1.54) is 0 Å². The fourth-order valence-electron chi connectivity index (χ4n) is 2.08. The molecular formula is C14H18ClNO2. The second-order valence-electron chi connectivity index (χ2n) is 5.03. The maximum Gasteiger partial charge on any atom is 0.270 e. The Kier molecular flexibility index (Phi) is 3.53. The molecule has 0 bridgehead atoms. The minimum absolute atomic E-state index is 0.00860. The fourth-order valence-corrected chi connectivity index (χ4v) is 2.25. The second-order valence-corrected chi connectivity index (χ2v) is 5.47. The average Bonchev–Trinajstić information content (AvgIpc) is 2.31. The van der Waals surface area contributed by atoms with Gasteiger partial charge in [-0.1, -0.05) is 24.9 Å². The van der Waals surface area contributed by atoms with Crippen molar-refractivity contribution in [3.05, 3.63) is 23.2 Å². The second kappa shape index (κ2) is 4.81. The Morgan fingerprint density at radius 1 is 1.39 bits per heavy atom. The van der Waals surface area contributed by atoms with Crippen LogP contribution in [0.2, 0.25) is 5.02 Å². The van der Waals surface area contributed by atoms with Gasteiger partial charge in [0.05, 0.1) is 5.69 Å². The van der Waals surface area contributed by atoms with Gasteiger partial charge >= 0.3 is 0 Å². The Morgan fingerprint density at radius 3 is 2.78 bits per heavy atom. The molecule has 2 rings (SSSR count). The third-order valence-electron chi connectivity index (χ3n) is 3.07. The van der Waals surface area contributed by atoms with E-state index in [4.69, 9.17) is 16.3 Å². The quantitative estimate of drug-likeness (QED) is 0.837. The molecule has 0 spiro atoms. The van der Waals surface area contributed by atoms with Gasteiger partial charge in [0.15, 0.2) is 5.60 Å². The van der Waals surface area contributed by atoms with E-state index < -0.39 is 5.60 Å². The van der Waals surface area contributed by atoms with E-state index in [9.17, 15) is 4.79 Å². The Hall–Kier alpha value is -1.22. The van der Waals surface area contributed by atoms with Gasteiger partial charge in [0.2, 0.25) is 0 Å². The van der Waals surface area contributed by atoms with Crippen molar-refractivity contribution in [2.45, 2.75) is 39.2 Å². The van der Waals surface area contributed by atoms with Crippen LogP contribution in [-0.2, 0) is 4.79 Å². The maximum atomic E-state index is 12.4. The normalized spacial score (nSPS) is 17.3. The number of nitrogens with zero attached hydrogens (tertiary/aromatic N) is 1. The first-order valence-corrected chi connectivity index (χ1v) is 6.64. The molecule has 1 aliphatic rings. The zero-order chi connectivity index (χ0) is 13.3. The zero-order valence-electron chi connectivity index (χ0n) is 11.0. The van der Waals surface area contributed by atoms with Crippen LogP contribution in [0, 0.1) is 0 Å². The average molecular weight is 268 g/mol. The maximum absolute atomic E-state index is 12.4. The van der Waals surface area contributed by atoms with Crippen LogP contribution in [-0.4, -0.2) is 18.1 Å². The molecule has 0 saturated carbocycles. The van der Waals surface area contributed by atoms with Crippen LogP contribution < -0.4 is 9.64 Å². The van der Waals surface area contributed by atoms with Gasteiger partial charge in [-0.25, -0.2) is 0 Å². The third-order valence-corrected chi connectivity index (χ3v) is 3.31. The SMILES string of the molecule is CCCCN1C(=O)C(C)(C)Oc2ccc(Cl)cc21. The number of amides is 1. The van der Waals surface area contributed by atoms with Gasteiger partial charge < -0.3 is 9.64 Å². The highest BCUT2D eigenvalue weighted by Crippen LogP contribution is 2.39. The Balaban J connectivity index is 2.43. The lowest BCUT2D eigenvalue weighted by Crippen LogP contribution is -2.52. The lowest BCUT2D eigenvalue weighted by molar-refractivity contribution is -0.132. The Labute approximate surface area is 113 Å². The summed E-state index contributed by atoms with van der Waals surface area (Å²) in [4.78, 5) is 14.2. The molecule has 1 aliphatic heterocycles. The number of fused-ring (bicyclic) bond motifs is 1. The molecule has 0 unspecified atom stereocenters. The summed E-state index contributed by atoms with van der Waals surface area (Å²) < 4.78 is 5.75. The molecule has 18 heavy (non-hydrogen) atoms. The van der Waals surface area contributed by atoms with Gasteiger partial charge in [0, 0.05) is 11.6 Å². The van der Waals surface area contributed by atoms with Crippen molar-refractivity contribution in [3.8, 4) is 5.75 Å². The van der Waals surface area contributed by atoms with E-state index >= 15 is 0 Å². The molecule has 1 aromatic carbocycles. The molecule has 4 heteroatoms. The van der Waals surface area contributed by atoms with E-state index in [0.717, 1.165) is 24.3 Å². The van der Waals surface area contributed by atoms with Crippen molar-refractivity contribution in [1.29, 1.82) is 0 Å². The van der Waals surface area contributed by atoms with Gasteiger partial charge in [0.1, 0.15) is 5.75 Å². The topological polar surface area (TPSA) is 29.5 Å². The number of halogens is 1. The van der Waals surface area contributed by atoms with Crippen LogP contribution >= 0.6 is 11.6 Å². The van der Waals surface area contributed by atoms with Crippen LogP contribution in [0.25, 0.3) is 0 Å². The molecule has 0 N–H and O–H groups in total. The molecule has 98 valence electrons. The molecule has 0 radical (unpaired) electrons. The lowest BCUT2D eigenvalue weighted by Gasteiger charge is -2.38. The molecule has 3 nitrogen and oxygen atoms in total. The number of anilines is 1. The van der Waals surface area contributed by atoms with Crippen LogP contribution in [0.1, 0.15) is 33.6 Å². The van der Waals surface area contributed by atoms with E-state index in [2.05, 4.69) is 6.92 Å². The number of hydrogen-bond donors (Lipinski definition) is 0. The highest BCUT2D eigenvalue weighted by Gasteiger charge is 2.40. The minimum Gasteiger partial charge on any atom is -0.476 e. The van der Waals surface area contributed by atoms with E-state index in [0.29, 0.717) is 11.6 Å². The molecule has 0 atom stereocenters. The van der Waals surface area contributed by atoms with Crippen molar-refractivity contribution >= 4 is 23.2 Å². The van der Waals surface area contributed by atoms with Crippen LogP contribution in [0.15, 0.2) is 18.2 Å². The monoisotopic (exact) mass is 267 g/mol. The molecule has 1 aromatic rings. The first kappa shape index (κ1) is 13.2. The first-order chi connectivity index (χ1) is 8.45. The van der Waals surface area contributed by atoms with Crippen LogP contribution in [0.5, 0.6) is 5.75 Å². The fraction of sp³-hybridized carbons (Fsp3) is 0.500. The first-order valence-electron chi connectivity index (χ1n) is 6.26. The molecule has 1 amide bonds. The van der Waals surface area contributed by atoms with Crippen molar-refractivity contribution in [1.82, 2.24) is 0 Å². The molecule has 1 heterocycles. The summed E-state index contributed by atoms with van der Waals surface area (Å²) in [5.74, 6) is 0.714. The molecule has 0 saturated heterocycles. The van der Waals surface area contributed by atoms with Crippen LogP contribution in [0.3, 0.4) is 0 Å². The number of unbranched alkanes of at least 4 members (excludes halogenated alkanes) is 1. The number of hydrogen-bond acceptors (Lipinski definition) is 2. The predicted octanol–water partition coefficient (Wildman–Crippen LogP) is 3.64. The zero-order valence-corrected chi connectivity index (χ0v) is 11.8. The van der Waals surface area contributed by atoms with Gasteiger partial charge in [-0.3, -0.25) is 4.79 Å². The van der Waals surface area contributed by atoms with E-state index in [1.807, 2.05) is 6.07 Å². The molecule has 0 fully saturated rings. The predicted molar refractivity (Wildman–Crippen MR) is 73.4 cm³/mol. The van der Waals surface area contributed by atoms with Crippen molar-refractivity contribution in [2.75, 3.05) is 11.4 Å². The highest BCUT2D eigenvalue weighted by atomic mass is 35.5. The summed E-state index contributed by atoms with van der Waals surface area (Å²) in [6, 6.07) is 5.40. The van der Waals surface area contributed by atoms with Gasteiger partial charge in [-0.05, 0) is 38.5 Å². The van der Waals surface area contributed by atoms with Crippen LogP contribution in [0.4, 0.5) is 5.69 Å². The molecule has 0 aliphatic carbocycles. The molecular weight excluding hydrogens is 250 g/mol. The highest BCUT2D eigenvalue weighted by molar-refractivity contribution is 6.31. The third kappa shape index (κ3) is 2.32. The van der Waals surface area contributed by atoms with Crippen molar-refractivity contribution in [3.63, 3.8) is 0 Å². The lowest BCUT2D eigenvalue weighted by atomic mass is 10.0.